The molecule has 0 saturated carbocycles. The van der Waals surface area contributed by atoms with Gasteiger partial charge in [0.15, 0.2) is 0 Å². The largest absolute Gasteiger partial charge is 0.271 e. The lowest BCUT2D eigenvalue weighted by Crippen LogP contribution is -2.35. The van der Waals surface area contributed by atoms with E-state index in [0.29, 0.717) is 6.04 Å². The average Bonchev–Trinajstić information content (AvgIpc) is 2.30. The fraction of sp³-hybridized carbons (Fsp3) is 0.615. The van der Waals surface area contributed by atoms with Crippen molar-refractivity contribution in [2.24, 2.45) is 11.8 Å². The van der Waals surface area contributed by atoms with Gasteiger partial charge in [0.05, 0.1) is 0 Å². The van der Waals surface area contributed by atoms with Crippen LogP contribution in [0.4, 0.5) is 0 Å². The van der Waals surface area contributed by atoms with Crippen molar-refractivity contribution in [3.63, 3.8) is 0 Å². The molecule has 0 amide bonds. The highest BCUT2D eigenvalue weighted by Crippen LogP contribution is 2.10. The number of hydrogen-bond acceptors (Lipinski definition) is 3. The molecule has 3 N–H and O–H groups in total. The summed E-state index contributed by atoms with van der Waals surface area (Å²) >= 11 is 0. The number of nitrogens with zero attached hydrogens (tertiary/aromatic N) is 1. The van der Waals surface area contributed by atoms with Crippen molar-refractivity contribution >= 4 is 0 Å². The van der Waals surface area contributed by atoms with E-state index >= 15 is 0 Å². The minimum absolute atomic E-state index is 0.407. The van der Waals surface area contributed by atoms with Crippen LogP contribution in [-0.2, 0) is 6.42 Å². The van der Waals surface area contributed by atoms with Crippen molar-refractivity contribution in [3.05, 3.63) is 30.1 Å². The zero-order valence-corrected chi connectivity index (χ0v) is 10.3. The first-order valence-corrected chi connectivity index (χ1v) is 6.08. The van der Waals surface area contributed by atoms with Gasteiger partial charge in [0.25, 0.3) is 0 Å². The van der Waals surface area contributed by atoms with E-state index in [1.807, 2.05) is 18.3 Å². The molecule has 0 aliphatic rings. The van der Waals surface area contributed by atoms with Crippen LogP contribution in [-0.4, -0.2) is 11.0 Å². The summed E-state index contributed by atoms with van der Waals surface area (Å²) in [6.07, 6.45) is 6.25. The molecule has 16 heavy (non-hydrogen) atoms. The number of aryl methyl sites for hydroxylation is 1. The lowest BCUT2D eigenvalue weighted by atomic mass is 10.00. The number of rotatable bonds is 7. The van der Waals surface area contributed by atoms with Crippen molar-refractivity contribution in [2.45, 2.75) is 45.6 Å². The molecule has 3 heteroatoms. The zero-order chi connectivity index (χ0) is 11.8. The Morgan fingerprint density at radius 3 is 2.62 bits per heavy atom. The molecule has 1 aromatic heterocycles. The second-order valence-corrected chi connectivity index (χ2v) is 4.69. The number of aromatic nitrogens is 1. The molecule has 3 nitrogen and oxygen atoms in total. The number of hydrogen-bond donors (Lipinski definition) is 2. The average molecular weight is 221 g/mol. The minimum atomic E-state index is 0.407. The van der Waals surface area contributed by atoms with Crippen molar-refractivity contribution < 1.29 is 0 Å². The van der Waals surface area contributed by atoms with Gasteiger partial charge in [-0.1, -0.05) is 19.9 Å². The van der Waals surface area contributed by atoms with Crippen molar-refractivity contribution in [1.82, 2.24) is 10.4 Å². The van der Waals surface area contributed by atoms with Crippen molar-refractivity contribution in [2.75, 3.05) is 0 Å². The maximum Gasteiger partial charge on any atom is 0.0404 e. The Morgan fingerprint density at radius 2 is 2.06 bits per heavy atom. The lowest BCUT2D eigenvalue weighted by Gasteiger charge is -2.16. The Balaban J connectivity index is 2.28. The van der Waals surface area contributed by atoms with E-state index in [4.69, 9.17) is 5.84 Å². The van der Waals surface area contributed by atoms with Crippen LogP contribution in [0.3, 0.4) is 0 Å². The Morgan fingerprint density at radius 1 is 1.25 bits per heavy atom. The molecule has 90 valence electrons. The van der Waals surface area contributed by atoms with Crippen LogP contribution in [0.15, 0.2) is 24.4 Å². The Hall–Kier alpha value is -0.930. The minimum Gasteiger partial charge on any atom is -0.271 e. The molecule has 1 atom stereocenters. The summed E-state index contributed by atoms with van der Waals surface area (Å²) in [5, 5.41) is 0. The molecular formula is C13H23N3. The van der Waals surface area contributed by atoms with E-state index in [-0.39, 0.29) is 0 Å². The van der Waals surface area contributed by atoms with Crippen LogP contribution < -0.4 is 11.3 Å². The number of hydrazine groups is 1. The Labute approximate surface area is 98.4 Å². The topological polar surface area (TPSA) is 50.9 Å². The van der Waals surface area contributed by atoms with Crippen LogP contribution in [0.1, 0.15) is 38.8 Å². The standard InChI is InChI=1S/C13H23N3/c1-11(2)6-7-13(16-14)9-8-12-5-3-4-10-15-12/h3-5,10-11,13,16H,6-9,14H2,1-2H3. The van der Waals surface area contributed by atoms with Gasteiger partial charge in [-0.2, -0.15) is 0 Å². The summed E-state index contributed by atoms with van der Waals surface area (Å²) in [4.78, 5) is 4.31. The van der Waals surface area contributed by atoms with Gasteiger partial charge in [0, 0.05) is 17.9 Å². The van der Waals surface area contributed by atoms with Gasteiger partial charge in [0.2, 0.25) is 0 Å². The van der Waals surface area contributed by atoms with Gasteiger partial charge in [-0.05, 0) is 43.7 Å². The maximum atomic E-state index is 5.55. The molecule has 0 radical (unpaired) electrons. The molecule has 1 rings (SSSR count). The fourth-order valence-electron chi connectivity index (χ4n) is 1.71. The molecule has 0 aliphatic heterocycles. The van der Waals surface area contributed by atoms with Crippen LogP contribution in [0.2, 0.25) is 0 Å². The van der Waals surface area contributed by atoms with E-state index in [0.717, 1.165) is 30.9 Å². The Bertz CT molecular complexity index is 272. The van der Waals surface area contributed by atoms with E-state index in [9.17, 15) is 0 Å². The van der Waals surface area contributed by atoms with E-state index < -0.39 is 0 Å². The second kappa shape index (κ2) is 7.36. The van der Waals surface area contributed by atoms with Gasteiger partial charge < -0.3 is 0 Å². The van der Waals surface area contributed by atoms with Crippen LogP contribution in [0, 0.1) is 5.92 Å². The summed E-state index contributed by atoms with van der Waals surface area (Å²) in [7, 11) is 0. The SMILES string of the molecule is CC(C)CCC(CCc1ccccn1)NN. The molecule has 1 heterocycles. The summed E-state index contributed by atoms with van der Waals surface area (Å²) in [6, 6.07) is 6.45. The normalized spacial score (nSPS) is 13.0. The van der Waals surface area contributed by atoms with Crippen LogP contribution >= 0.6 is 0 Å². The van der Waals surface area contributed by atoms with Gasteiger partial charge in [-0.3, -0.25) is 16.3 Å². The summed E-state index contributed by atoms with van der Waals surface area (Å²) in [5.41, 5.74) is 4.05. The molecule has 0 bridgehead atoms. The van der Waals surface area contributed by atoms with E-state index in [2.05, 4.69) is 30.3 Å². The first-order valence-electron chi connectivity index (χ1n) is 6.08. The third-order valence-corrected chi connectivity index (χ3v) is 2.80. The van der Waals surface area contributed by atoms with Crippen LogP contribution in [0.5, 0.6) is 0 Å². The number of pyridine rings is 1. The second-order valence-electron chi connectivity index (χ2n) is 4.69. The number of nitrogens with two attached hydrogens (primary N) is 1. The highest BCUT2D eigenvalue weighted by molar-refractivity contribution is 5.03. The summed E-state index contributed by atoms with van der Waals surface area (Å²) in [6.45, 7) is 4.48. The summed E-state index contributed by atoms with van der Waals surface area (Å²) < 4.78 is 0. The Kier molecular flexibility index (Phi) is 6.04. The van der Waals surface area contributed by atoms with Gasteiger partial charge in [0.1, 0.15) is 0 Å². The predicted molar refractivity (Wildman–Crippen MR) is 67.7 cm³/mol. The van der Waals surface area contributed by atoms with Crippen LogP contribution in [0.25, 0.3) is 0 Å². The molecule has 0 fully saturated rings. The lowest BCUT2D eigenvalue weighted by molar-refractivity contribution is 0.415. The summed E-state index contributed by atoms with van der Waals surface area (Å²) in [5.74, 6) is 6.29. The predicted octanol–water partition coefficient (Wildman–Crippen LogP) is 2.28. The van der Waals surface area contributed by atoms with Crippen molar-refractivity contribution in [1.29, 1.82) is 0 Å². The first-order chi connectivity index (χ1) is 7.72. The van der Waals surface area contributed by atoms with Gasteiger partial charge >= 0.3 is 0 Å². The van der Waals surface area contributed by atoms with E-state index in [1.165, 1.54) is 6.42 Å². The highest BCUT2D eigenvalue weighted by atomic mass is 15.2. The molecule has 1 aromatic rings. The van der Waals surface area contributed by atoms with Gasteiger partial charge in [-0.25, -0.2) is 0 Å². The maximum absolute atomic E-state index is 5.55. The van der Waals surface area contributed by atoms with E-state index in [1.54, 1.807) is 0 Å². The molecular weight excluding hydrogens is 198 g/mol. The third kappa shape index (κ3) is 5.24. The number of nitrogens with one attached hydrogen (secondary N) is 1. The smallest absolute Gasteiger partial charge is 0.0404 e. The van der Waals surface area contributed by atoms with Crippen molar-refractivity contribution in [3.8, 4) is 0 Å². The zero-order valence-electron chi connectivity index (χ0n) is 10.3. The highest BCUT2D eigenvalue weighted by Gasteiger charge is 2.08. The monoisotopic (exact) mass is 221 g/mol. The molecule has 0 saturated heterocycles. The molecule has 0 aromatic carbocycles. The fourth-order valence-corrected chi connectivity index (χ4v) is 1.71. The molecule has 0 aliphatic carbocycles. The quantitative estimate of drug-likeness (QED) is 0.548. The first kappa shape index (κ1) is 13.1. The molecule has 1 unspecified atom stereocenters. The third-order valence-electron chi connectivity index (χ3n) is 2.80. The van der Waals surface area contributed by atoms with Gasteiger partial charge in [-0.15, -0.1) is 0 Å². The molecule has 0 spiro atoms.